The van der Waals surface area contributed by atoms with Gasteiger partial charge >= 0.3 is 0 Å². The fourth-order valence-electron chi connectivity index (χ4n) is 2.72. The molecule has 2 aromatic rings. The van der Waals surface area contributed by atoms with Crippen LogP contribution in [-0.4, -0.2) is 22.0 Å². The minimum Gasteiger partial charge on any atom is -0.321 e. The summed E-state index contributed by atoms with van der Waals surface area (Å²) in [5.41, 5.74) is 15.8. The van der Waals surface area contributed by atoms with Gasteiger partial charge in [-0.2, -0.15) is 5.10 Å². The van der Waals surface area contributed by atoms with Crippen molar-refractivity contribution in [2.24, 2.45) is 23.5 Å². The molecule has 0 radical (unpaired) electrons. The number of benzene rings is 1. The van der Waals surface area contributed by atoms with Crippen molar-refractivity contribution in [1.29, 1.82) is 0 Å². The van der Waals surface area contributed by atoms with Crippen molar-refractivity contribution in [2.75, 3.05) is 0 Å². The van der Waals surface area contributed by atoms with Crippen molar-refractivity contribution in [3.8, 4) is 0 Å². The Morgan fingerprint density at radius 2 is 2.00 bits per heavy atom. The third kappa shape index (κ3) is 1.63. The van der Waals surface area contributed by atoms with Crippen molar-refractivity contribution >= 4 is 11.9 Å². The lowest BCUT2D eigenvalue weighted by Gasteiger charge is -2.37. The molecule has 0 saturated heterocycles. The van der Waals surface area contributed by atoms with E-state index in [-0.39, 0.29) is 6.04 Å². The molecule has 2 unspecified atom stereocenters. The molecule has 2 atom stereocenters. The van der Waals surface area contributed by atoms with Crippen molar-refractivity contribution in [1.82, 2.24) is 9.78 Å². The molecular formula is C14H17N5. The van der Waals surface area contributed by atoms with Crippen LogP contribution in [-0.2, 0) is 12.6 Å². The van der Waals surface area contributed by atoms with Crippen molar-refractivity contribution < 1.29 is 0 Å². The topological polar surface area (TPSA) is 82.2 Å². The van der Waals surface area contributed by atoms with E-state index in [1.165, 1.54) is 0 Å². The molecule has 1 aliphatic rings. The van der Waals surface area contributed by atoms with E-state index in [0.717, 1.165) is 22.5 Å². The Labute approximate surface area is 111 Å². The zero-order valence-electron chi connectivity index (χ0n) is 11.0. The van der Waals surface area contributed by atoms with Gasteiger partial charge in [0, 0.05) is 30.6 Å². The number of fused-ring (bicyclic) bond motifs is 1. The Balaban J connectivity index is 2.27. The van der Waals surface area contributed by atoms with E-state index in [2.05, 4.69) is 10.1 Å². The summed E-state index contributed by atoms with van der Waals surface area (Å²) in [4.78, 5) is 4.37. The normalized spacial score (nSPS) is 25.4. The van der Waals surface area contributed by atoms with Crippen LogP contribution in [0.5, 0.6) is 0 Å². The van der Waals surface area contributed by atoms with Gasteiger partial charge in [-0.05, 0) is 13.0 Å². The number of rotatable bonds is 1. The number of nitrogens with zero attached hydrogens (tertiary/aromatic N) is 3. The predicted molar refractivity (Wildman–Crippen MR) is 75.5 cm³/mol. The van der Waals surface area contributed by atoms with Crippen LogP contribution in [0.25, 0.3) is 0 Å². The summed E-state index contributed by atoms with van der Waals surface area (Å²) in [6.07, 6.45) is 3.65. The molecule has 0 bridgehead atoms. The van der Waals surface area contributed by atoms with Gasteiger partial charge in [0.2, 0.25) is 0 Å². The third-order valence-corrected chi connectivity index (χ3v) is 3.71. The maximum atomic E-state index is 6.68. The van der Waals surface area contributed by atoms with E-state index < -0.39 is 5.54 Å². The van der Waals surface area contributed by atoms with Crippen LogP contribution in [0.2, 0.25) is 0 Å². The molecule has 0 saturated carbocycles. The van der Waals surface area contributed by atoms with Gasteiger partial charge in [-0.3, -0.25) is 9.67 Å². The SMILES string of the molecule is Cc1nn(C)cc1C1(N)c2ccccc2N=CC1N. The lowest BCUT2D eigenvalue weighted by Crippen LogP contribution is -2.55. The molecule has 5 nitrogen and oxygen atoms in total. The van der Waals surface area contributed by atoms with Crippen molar-refractivity contribution in [3.63, 3.8) is 0 Å². The van der Waals surface area contributed by atoms with Crippen molar-refractivity contribution in [3.05, 3.63) is 47.3 Å². The number of aliphatic imine (C=N–C) groups is 1. The maximum Gasteiger partial charge on any atom is 0.0924 e. The summed E-state index contributed by atoms with van der Waals surface area (Å²) in [5, 5.41) is 4.38. The number of hydrogen-bond acceptors (Lipinski definition) is 4. The summed E-state index contributed by atoms with van der Waals surface area (Å²) in [7, 11) is 1.88. The number of para-hydroxylation sites is 1. The first kappa shape index (κ1) is 12.1. The number of nitrogens with two attached hydrogens (primary N) is 2. The highest BCUT2D eigenvalue weighted by Crippen LogP contribution is 2.39. The second kappa shape index (κ2) is 4.01. The monoisotopic (exact) mass is 255 g/mol. The van der Waals surface area contributed by atoms with E-state index in [0.29, 0.717) is 0 Å². The summed E-state index contributed by atoms with van der Waals surface area (Å²) in [6.45, 7) is 1.95. The molecule has 0 amide bonds. The highest BCUT2D eigenvalue weighted by molar-refractivity contribution is 5.79. The van der Waals surface area contributed by atoms with Gasteiger partial charge in [-0.1, -0.05) is 18.2 Å². The lowest BCUT2D eigenvalue weighted by atomic mass is 9.76. The first-order valence-electron chi connectivity index (χ1n) is 6.22. The third-order valence-electron chi connectivity index (χ3n) is 3.71. The first-order valence-corrected chi connectivity index (χ1v) is 6.22. The van der Waals surface area contributed by atoms with Gasteiger partial charge in [-0.15, -0.1) is 0 Å². The Morgan fingerprint density at radius 1 is 1.26 bits per heavy atom. The second-order valence-electron chi connectivity index (χ2n) is 4.99. The predicted octanol–water partition coefficient (Wildman–Crippen LogP) is 0.974. The number of hydrogen-bond donors (Lipinski definition) is 2. The molecule has 1 aliphatic heterocycles. The van der Waals surface area contributed by atoms with Crippen LogP contribution in [0.4, 0.5) is 5.69 Å². The molecule has 2 heterocycles. The molecular weight excluding hydrogens is 238 g/mol. The zero-order chi connectivity index (χ0) is 13.6. The van der Waals surface area contributed by atoms with Gasteiger partial charge in [0.1, 0.15) is 0 Å². The minimum absolute atomic E-state index is 0.370. The summed E-state index contributed by atoms with van der Waals surface area (Å²) in [5.74, 6) is 0. The van der Waals surface area contributed by atoms with Crippen LogP contribution in [0.1, 0.15) is 16.8 Å². The largest absolute Gasteiger partial charge is 0.321 e. The fourth-order valence-corrected chi connectivity index (χ4v) is 2.72. The summed E-state index contributed by atoms with van der Waals surface area (Å²) < 4.78 is 1.76. The zero-order valence-corrected chi connectivity index (χ0v) is 11.0. The Morgan fingerprint density at radius 3 is 2.68 bits per heavy atom. The number of aromatic nitrogens is 2. The molecule has 5 heteroatoms. The van der Waals surface area contributed by atoms with E-state index in [1.807, 2.05) is 44.4 Å². The Hall–Kier alpha value is -1.98. The van der Waals surface area contributed by atoms with Crippen LogP contribution < -0.4 is 11.5 Å². The smallest absolute Gasteiger partial charge is 0.0924 e. The Bertz CT molecular complexity index is 658. The highest BCUT2D eigenvalue weighted by Gasteiger charge is 2.41. The molecule has 0 fully saturated rings. The van der Waals surface area contributed by atoms with Gasteiger partial charge in [0.15, 0.2) is 0 Å². The van der Waals surface area contributed by atoms with Gasteiger partial charge in [0.05, 0.1) is 23.0 Å². The average Bonchev–Trinajstić information content (AvgIpc) is 2.74. The number of aryl methyl sites for hydroxylation is 2. The van der Waals surface area contributed by atoms with Crippen molar-refractivity contribution in [2.45, 2.75) is 18.5 Å². The molecule has 98 valence electrons. The second-order valence-corrected chi connectivity index (χ2v) is 4.99. The highest BCUT2D eigenvalue weighted by atomic mass is 15.3. The van der Waals surface area contributed by atoms with Gasteiger partial charge in [-0.25, -0.2) is 0 Å². The average molecular weight is 255 g/mol. The molecule has 0 aliphatic carbocycles. The van der Waals surface area contributed by atoms with Crippen LogP contribution in [0.15, 0.2) is 35.5 Å². The van der Waals surface area contributed by atoms with Gasteiger partial charge < -0.3 is 11.5 Å². The van der Waals surface area contributed by atoms with E-state index in [1.54, 1.807) is 10.9 Å². The van der Waals surface area contributed by atoms with E-state index in [4.69, 9.17) is 11.5 Å². The molecule has 1 aromatic carbocycles. The lowest BCUT2D eigenvalue weighted by molar-refractivity contribution is 0.495. The molecule has 19 heavy (non-hydrogen) atoms. The van der Waals surface area contributed by atoms with E-state index in [9.17, 15) is 0 Å². The molecule has 4 N–H and O–H groups in total. The van der Waals surface area contributed by atoms with Crippen LogP contribution in [0.3, 0.4) is 0 Å². The first-order chi connectivity index (χ1) is 9.03. The molecule has 0 spiro atoms. The van der Waals surface area contributed by atoms with Crippen LogP contribution >= 0.6 is 0 Å². The minimum atomic E-state index is -0.781. The quantitative estimate of drug-likeness (QED) is 0.796. The summed E-state index contributed by atoms with van der Waals surface area (Å²) >= 11 is 0. The standard InChI is InChI=1S/C14H17N5/c1-9-11(8-19(2)18-9)14(16)10-5-3-4-6-12(10)17-7-13(14)15/h3-8,13H,15-16H2,1-2H3. The Kier molecular flexibility index (Phi) is 2.55. The maximum absolute atomic E-state index is 6.68. The van der Waals surface area contributed by atoms with Gasteiger partial charge in [0.25, 0.3) is 0 Å². The molecule has 1 aromatic heterocycles. The fraction of sp³-hybridized carbons (Fsp3) is 0.286. The van der Waals surface area contributed by atoms with E-state index >= 15 is 0 Å². The molecule has 3 rings (SSSR count). The van der Waals surface area contributed by atoms with Crippen LogP contribution in [0, 0.1) is 6.92 Å². The summed E-state index contributed by atoms with van der Waals surface area (Å²) in [6, 6.07) is 7.47.